The van der Waals surface area contributed by atoms with Gasteiger partial charge in [0.05, 0.1) is 11.9 Å². The van der Waals surface area contributed by atoms with Gasteiger partial charge in [-0.15, -0.1) is 0 Å². The molecule has 1 amide bonds. The van der Waals surface area contributed by atoms with Crippen LogP contribution >= 0.6 is 0 Å². The molecule has 0 saturated heterocycles. The van der Waals surface area contributed by atoms with E-state index < -0.39 is 17.6 Å². The molecule has 0 unspecified atom stereocenters. The molecule has 0 aliphatic carbocycles. The number of fused-ring (bicyclic) bond motifs is 1. The fourth-order valence-electron chi connectivity index (χ4n) is 3.67. The number of aromatic nitrogens is 5. The number of nitrogens with one attached hydrogen (secondary N) is 1. The van der Waals surface area contributed by atoms with Gasteiger partial charge in [0.1, 0.15) is 5.75 Å². The van der Waals surface area contributed by atoms with Crippen LogP contribution in [-0.4, -0.2) is 30.4 Å². The molecular weight excluding hydrogens is 485 g/mol. The third-order valence-corrected chi connectivity index (χ3v) is 5.56. The van der Waals surface area contributed by atoms with Crippen LogP contribution in [0.25, 0.3) is 22.6 Å². The van der Waals surface area contributed by atoms with Gasteiger partial charge in [-0.2, -0.15) is 18.2 Å². The normalized spacial score (nSPS) is 11.5. The number of imidazole rings is 1. The lowest BCUT2D eigenvalue weighted by molar-refractivity contribution is -0.137. The number of hydrogen-bond acceptors (Lipinski definition) is 6. The maximum Gasteiger partial charge on any atom is 0.416 e. The van der Waals surface area contributed by atoms with Crippen LogP contribution in [-0.2, 0) is 13.2 Å². The van der Waals surface area contributed by atoms with Gasteiger partial charge in [-0.05, 0) is 55.0 Å². The summed E-state index contributed by atoms with van der Waals surface area (Å²) in [5.41, 5.74) is 1.65. The number of nitrogens with zero attached hydrogens (tertiary/aromatic N) is 5. The topological polar surface area (TPSA) is 94.8 Å². The van der Waals surface area contributed by atoms with Crippen LogP contribution in [0.15, 0.2) is 73.3 Å². The molecule has 0 fully saturated rings. The number of amides is 1. The Morgan fingerprint density at radius 2 is 1.89 bits per heavy atom. The van der Waals surface area contributed by atoms with Crippen molar-refractivity contribution in [2.45, 2.75) is 13.1 Å². The molecule has 0 radical (unpaired) electrons. The highest BCUT2D eigenvalue weighted by molar-refractivity contribution is 6.05. The summed E-state index contributed by atoms with van der Waals surface area (Å²) in [4.78, 5) is 30.5. The number of ether oxygens (including phenoxy) is 1. The number of pyridine rings is 1. The summed E-state index contributed by atoms with van der Waals surface area (Å²) >= 11 is 0. The summed E-state index contributed by atoms with van der Waals surface area (Å²) in [5.74, 6) is 0.276. The maximum absolute atomic E-state index is 13.1. The van der Waals surface area contributed by atoms with Crippen LogP contribution < -0.4 is 10.1 Å². The number of hydrogen-bond donors (Lipinski definition) is 1. The molecule has 3 heterocycles. The number of alkyl halides is 3. The summed E-state index contributed by atoms with van der Waals surface area (Å²) in [6.07, 6.45) is 0.334. The third kappa shape index (κ3) is 4.96. The van der Waals surface area contributed by atoms with Crippen molar-refractivity contribution < 1.29 is 22.7 Å². The van der Waals surface area contributed by atoms with Gasteiger partial charge in [0.25, 0.3) is 11.8 Å². The Kier molecular flexibility index (Phi) is 6.04. The summed E-state index contributed by atoms with van der Waals surface area (Å²) in [5, 5.41) is 2.52. The van der Waals surface area contributed by atoms with E-state index in [-0.39, 0.29) is 17.1 Å². The highest BCUT2D eigenvalue weighted by atomic mass is 19.4. The lowest BCUT2D eigenvalue weighted by Crippen LogP contribution is -2.14. The first-order chi connectivity index (χ1) is 17.7. The summed E-state index contributed by atoms with van der Waals surface area (Å²) < 4.78 is 46.9. The summed E-state index contributed by atoms with van der Waals surface area (Å²) in [7, 11) is 1.79. The van der Waals surface area contributed by atoms with Crippen LogP contribution in [0, 0.1) is 6.92 Å². The minimum absolute atomic E-state index is 0.0256. The van der Waals surface area contributed by atoms with Crippen molar-refractivity contribution in [1.29, 1.82) is 0 Å². The predicted octanol–water partition coefficient (Wildman–Crippen LogP) is 5.80. The molecule has 8 nitrogen and oxygen atoms in total. The van der Waals surface area contributed by atoms with Crippen molar-refractivity contribution in [2.24, 2.45) is 7.05 Å². The zero-order chi connectivity index (χ0) is 26.2. The summed E-state index contributed by atoms with van der Waals surface area (Å²) in [6, 6.07) is 12.9. The zero-order valence-electron chi connectivity index (χ0n) is 19.6. The van der Waals surface area contributed by atoms with Crippen molar-refractivity contribution in [3.63, 3.8) is 0 Å². The van der Waals surface area contributed by atoms with E-state index in [1.54, 1.807) is 55.5 Å². The van der Waals surface area contributed by atoms with Crippen LogP contribution in [0.3, 0.4) is 0 Å². The van der Waals surface area contributed by atoms with Crippen LogP contribution in [0.2, 0.25) is 0 Å². The van der Waals surface area contributed by atoms with Gasteiger partial charge in [0.2, 0.25) is 0 Å². The van der Waals surface area contributed by atoms with Gasteiger partial charge >= 0.3 is 6.18 Å². The SMILES string of the molecule is Cc1ccc(Oc2nc(-c3cccnc3)nc3c2ncn3C)cc1C(=O)Nc1cccc(C(F)(F)F)c1. The van der Waals surface area contributed by atoms with Crippen molar-refractivity contribution in [3.8, 4) is 23.0 Å². The van der Waals surface area contributed by atoms with Crippen molar-refractivity contribution >= 4 is 22.8 Å². The Labute approximate surface area is 208 Å². The van der Waals surface area contributed by atoms with Gasteiger partial charge in [0.15, 0.2) is 17.0 Å². The lowest BCUT2D eigenvalue weighted by Gasteiger charge is -2.13. The standard InChI is InChI=1S/C26H19F3N6O2/c1-15-8-9-19(12-20(15)24(36)32-18-7-3-6-17(11-18)26(27,28)29)37-25-21-23(35(2)14-31-21)33-22(34-25)16-5-4-10-30-13-16/h3-14H,1-2H3,(H,32,36). The fraction of sp³-hybridized carbons (Fsp3) is 0.115. The molecule has 0 aliphatic rings. The lowest BCUT2D eigenvalue weighted by atomic mass is 10.1. The molecule has 5 aromatic rings. The Bertz CT molecular complexity index is 1620. The minimum atomic E-state index is -4.52. The second kappa shape index (κ2) is 9.34. The average Bonchev–Trinajstić information content (AvgIpc) is 3.26. The molecule has 0 aliphatic heterocycles. The number of carbonyl (C=O) groups is 1. The van der Waals surface area contributed by atoms with Crippen molar-refractivity contribution in [2.75, 3.05) is 5.32 Å². The predicted molar refractivity (Wildman–Crippen MR) is 130 cm³/mol. The van der Waals surface area contributed by atoms with E-state index >= 15 is 0 Å². The highest BCUT2D eigenvalue weighted by Crippen LogP contribution is 2.32. The van der Waals surface area contributed by atoms with E-state index in [9.17, 15) is 18.0 Å². The molecule has 37 heavy (non-hydrogen) atoms. The Morgan fingerprint density at radius 1 is 1.05 bits per heavy atom. The highest BCUT2D eigenvalue weighted by Gasteiger charge is 2.30. The Morgan fingerprint density at radius 3 is 2.65 bits per heavy atom. The number of aryl methyl sites for hydroxylation is 2. The summed E-state index contributed by atoms with van der Waals surface area (Å²) in [6.45, 7) is 1.72. The molecule has 0 bridgehead atoms. The molecule has 5 rings (SSSR count). The molecule has 1 N–H and O–H groups in total. The Hall–Kier alpha value is -4.80. The average molecular weight is 504 g/mol. The molecule has 3 aromatic heterocycles. The van der Waals surface area contributed by atoms with Gasteiger partial charge in [-0.25, -0.2) is 9.97 Å². The molecule has 0 saturated carbocycles. The monoisotopic (exact) mass is 504 g/mol. The number of benzene rings is 2. The van der Waals surface area contributed by atoms with E-state index in [1.807, 2.05) is 6.07 Å². The second-order valence-electron chi connectivity index (χ2n) is 8.23. The number of halogens is 3. The van der Waals surface area contributed by atoms with Gasteiger partial charge in [-0.3, -0.25) is 9.78 Å². The first-order valence-corrected chi connectivity index (χ1v) is 11.1. The van der Waals surface area contributed by atoms with E-state index in [0.717, 1.165) is 12.1 Å². The first-order valence-electron chi connectivity index (χ1n) is 11.1. The van der Waals surface area contributed by atoms with Crippen LogP contribution in [0.1, 0.15) is 21.5 Å². The number of rotatable bonds is 5. The van der Waals surface area contributed by atoms with E-state index in [1.165, 1.54) is 18.2 Å². The van der Waals surface area contributed by atoms with Crippen LogP contribution in [0.5, 0.6) is 11.6 Å². The quantitative estimate of drug-likeness (QED) is 0.325. The molecule has 11 heteroatoms. The molecule has 0 atom stereocenters. The largest absolute Gasteiger partial charge is 0.437 e. The maximum atomic E-state index is 13.1. The zero-order valence-corrected chi connectivity index (χ0v) is 19.6. The first kappa shape index (κ1) is 23.9. The fourth-order valence-corrected chi connectivity index (χ4v) is 3.67. The second-order valence-corrected chi connectivity index (χ2v) is 8.23. The molecular formula is C26H19F3N6O2. The molecule has 2 aromatic carbocycles. The third-order valence-electron chi connectivity index (χ3n) is 5.56. The van der Waals surface area contributed by atoms with Gasteiger partial charge in [-0.1, -0.05) is 12.1 Å². The van der Waals surface area contributed by atoms with Gasteiger partial charge < -0.3 is 14.6 Å². The van der Waals surface area contributed by atoms with Gasteiger partial charge in [0, 0.05) is 36.3 Å². The number of carbonyl (C=O) groups excluding carboxylic acids is 1. The molecule has 186 valence electrons. The van der Waals surface area contributed by atoms with E-state index in [4.69, 9.17) is 4.74 Å². The minimum Gasteiger partial charge on any atom is -0.437 e. The van der Waals surface area contributed by atoms with Crippen LogP contribution in [0.4, 0.5) is 18.9 Å². The van der Waals surface area contributed by atoms with Crippen molar-refractivity contribution in [1.82, 2.24) is 24.5 Å². The van der Waals surface area contributed by atoms with E-state index in [0.29, 0.717) is 33.9 Å². The Balaban J connectivity index is 1.47. The smallest absolute Gasteiger partial charge is 0.416 e. The van der Waals surface area contributed by atoms with E-state index in [2.05, 4.69) is 25.3 Å². The van der Waals surface area contributed by atoms with Crippen molar-refractivity contribution in [3.05, 3.63) is 90.0 Å². The number of anilines is 1. The molecule has 0 spiro atoms.